The molecule has 4 nitrogen and oxygen atoms in total. The number of piperidine rings is 1. The highest BCUT2D eigenvalue weighted by Gasteiger charge is 2.26. The predicted molar refractivity (Wildman–Crippen MR) is 79.3 cm³/mol. The second-order valence-corrected chi connectivity index (χ2v) is 5.84. The van der Waals surface area contributed by atoms with Crippen LogP contribution in [0.4, 0.5) is 4.39 Å². The maximum atomic E-state index is 13.1. The van der Waals surface area contributed by atoms with Gasteiger partial charge in [-0.3, -0.25) is 4.79 Å². The van der Waals surface area contributed by atoms with Crippen LogP contribution in [0.5, 0.6) is 0 Å². The number of likely N-dealkylation sites (N-methyl/N-ethyl adjacent to an activating group) is 2. The molecule has 0 aliphatic carbocycles. The number of carbonyl (C=O) groups is 1. The minimum atomic E-state index is -0.961. The summed E-state index contributed by atoms with van der Waals surface area (Å²) < 4.78 is 13.1. The van der Waals surface area contributed by atoms with Crippen LogP contribution in [0.1, 0.15) is 30.9 Å². The highest BCUT2D eigenvalue weighted by molar-refractivity contribution is 5.77. The zero-order valence-electron chi connectivity index (χ0n) is 12.6. The summed E-state index contributed by atoms with van der Waals surface area (Å²) in [5.41, 5.74) is 0.442. The summed E-state index contributed by atoms with van der Waals surface area (Å²) in [4.78, 5) is 16.2. The van der Waals surface area contributed by atoms with Crippen molar-refractivity contribution in [3.05, 3.63) is 35.6 Å². The summed E-state index contributed by atoms with van der Waals surface area (Å²) >= 11 is 0. The Morgan fingerprint density at radius 3 is 3.00 bits per heavy atom. The van der Waals surface area contributed by atoms with Crippen LogP contribution in [0.25, 0.3) is 0 Å². The van der Waals surface area contributed by atoms with Gasteiger partial charge in [0.25, 0.3) is 0 Å². The molecule has 0 bridgehead atoms. The van der Waals surface area contributed by atoms with E-state index in [4.69, 9.17) is 0 Å². The number of nitrogens with zero attached hydrogens (tertiary/aromatic N) is 2. The van der Waals surface area contributed by atoms with Crippen molar-refractivity contribution in [2.75, 3.05) is 27.2 Å². The van der Waals surface area contributed by atoms with Gasteiger partial charge in [-0.25, -0.2) is 4.39 Å². The number of aliphatic hydroxyl groups excluding tert-OH is 1. The first-order chi connectivity index (χ1) is 9.97. The van der Waals surface area contributed by atoms with Gasteiger partial charge >= 0.3 is 0 Å². The van der Waals surface area contributed by atoms with Crippen molar-refractivity contribution in [2.24, 2.45) is 0 Å². The number of hydrogen-bond donors (Lipinski definition) is 1. The van der Waals surface area contributed by atoms with Crippen LogP contribution in [0.15, 0.2) is 24.3 Å². The Balaban J connectivity index is 1.93. The number of carbonyl (C=O) groups excluding carboxylic acids is 1. The SMILES string of the molecule is CN1CCCC(N(C)C(=O)CC(O)c2cccc(F)c2)C1. The molecule has 5 heteroatoms. The van der Waals surface area contributed by atoms with Crippen molar-refractivity contribution in [2.45, 2.75) is 31.4 Å². The molecule has 2 atom stereocenters. The predicted octanol–water partition coefficient (Wildman–Crippen LogP) is 1.80. The van der Waals surface area contributed by atoms with Gasteiger partial charge in [-0.2, -0.15) is 0 Å². The van der Waals surface area contributed by atoms with Crippen LogP contribution in [0, 0.1) is 5.82 Å². The maximum Gasteiger partial charge on any atom is 0.225 e. The van der Waals surface area contributed by atoms with Crippen LogP contribution >= 0.6 is 0 Å². The van der Waals surface area contributed by atoms with Crippen molar-refractivity contribution in [3.8, 4) is 0 Å². The van der Waals surface area contributed by atoms with Crippen LogP contribution in [-0.2, 0) is 4.79 Å². The lowest BCUT2D eigenvalue weighted by atomic mass is 10.0. The lowest BCUT2D eigenvalue weighted by molar-refractivity contribution is -0.135. The van der Waals surface area contributed by atoms with Crippen molar-refractivity contribution in [3.63, 3.8) is 0 Å². The molecule has 1 aromatic carbocycles. The molecule has 1 heterocycles. The molecule has 0 saturated carbocycles. The van der Waals surface area contributed by atoms with Gasteiger partial charge in [0.15, 0.2) is 0 Å². The molecule has 0 aromatic heterocycles. The highest BCUT2D eigenvalue weighted by atomic mass is 19.1. The minimum Gasteiger partial charge on any atom is -0.388 e. The van der Waals surface area contributed by atoms with Crippen molar-refractivity contribution < 1.29 is 14.3 Å². The average molecular weight is 294 g/mol. The lowest BCUT2D eigenvalue weighted by Gasteiger charge is -2.36. The van der Waals surface area contributed by atoms with Gasteiger partial charge in [-0.15, -0.1) is 0 Å². The molecule has 1 aliphatic rings. The molecule has 0 spiro atoms. The molecule has 1 aromatic rings. The Hall–Kier alpha value is -1.46. The van der Waals surface area contributed by atoms with E-state index >= 15 is 0 Å². The fraction of sp³-hybridized carbons (Fsp3) is 0.562. The first kappa shape index (κ1) is 15.9. The standard InChI is InChI=1S/C16H23FN2O2/c1-18-8-4-7-14(11-18)19(2)16(21)10-15(20)12-5-3-6-13(17)9-12/h3,5-6,9,14-15,20H,4,7-8,10-11H2,1-2H3. The van der Waals surface area contributed by atoms with E-state index in [-0.39, 0.29) is 18.4 Å². The number of amides is 1. The minimum absolute atomic E-state index is 0.0137. The first-order valence-corrected chi connectivity index (χ1v) is 7.35. The normalized spacial score (nSPS) is 21.0. The van der Waals surface area contributed by atoms with Gasteiger partial charge in [0.1, 0.15) is 5.82 Å². The molecule has 21 heavy (non-hydrogen) atoms. The summed E-state index contributed by atoms with van der Waals surface area (Å²) in [6, 6.07) is 5.96. The van der Waals surface area contributed by atoms with Crippen molar-refractivity contribution >= 4 is 5.91 Å². The van der Waals surface area contributed by atoms with Gasteiger partial charge in [-0.1, -0.05) is 12.1 Å². The van der Waals surface area contributed by atoms with Gasteiger partial charge in [0.2, 0.25) is 5.91 Å². The van der Waals surface area contributed by atoms with E-state index in [1.807, 2.05) is 7.05 Å². The summed E-state index contributed by atoms with van der Waals surface area (Å²) in [7, 11) is 3.83. The van der Waals surface area contributed by atoms with E-state index in [9.17, 15) is 14.3 Å². The summed E-state index contributed by atoms with van der Waals surface area (Å²) in [5.74, 6) is -0.506. The number of likely N-dealkylation sites (tertiary alicyclic amines) is 1. The number of aliphatic hydroxyl groups is 1. The molecule has 2 unspecified atom stereocenters. The Morgan fingerprint density at radius 2 is 2.33 bits per heavy atom. The third kappa shape index (κ3) is 4.25. The number of halogens is 1. The van der Waals surface area contributed by atoms with Gasteiger partial charge in [0.05, 0.1) is 12.5 Å². The van der Waals surface area contributed by atoms with E-state index < -0.39 is 11.9 Å². The monoisotopic (exact) mass is 294 g/mol. The molecule has 1 amide bonds. The first-order valence-electron chi connectivity index (χ1n) is 7.35. The highest BCUT2D eigenvalue weighted by Crippen LogP contribution is 2.20. The van der Waals surface area contributed by atoms with E-state index in [2.05, 4.69) is 4.90 Å². The fourth-order valence-electron chi connectivity index (χ4n) is 2.80. The van der Waals surface area contributed by atoms with Gasteiger partial charge in [-0.05, 0) is 44.1 Å². The molecular formula is C16H23FN2O2. The van der Waals surface area contributed by atoms with Crippen LogP contribution < -0.4 is 0 Å². The van der Waals surface area contributed by atoms with Crippen LogP contribution in [-0.4, -0.2) is 54.0 Å². The summed E-state index contributed by atoms with van der Waals surface area (Å²) in [6.45, 7) is 1.92. The van der Waals surface area contributed by atoms with E-state index in [1.54, 1.807) is 18.0 Å². The van der Waals surface area contributed by atoms with Crippen molar-refractivity contribution in [1.82, 2.24) is 9.80 Å². The van der Waals surface area contributed by atoms with Crippen LogP contribution in [0.3, 0.4) is 0 Å². The second-order valence-electron chi connectivity index (χ2n) is 5.84. The zero-order chi connectivity index (χ0) is 15.4. The molecular weight excluding hydrogens is 271 g/mol. The Bertz CT molecular complexity index is 495. The largest absolute Gasteiger partial charge is 0.388 e. The summed E-state index contributed by atoms with van der Waals surface area (Å²) in [5, 5.41) is 10.1. The molecule has 116 valence electrons. The van der Waals surface area contributed by atoms with Gasteiger partial charge < -0.3 is 14.9 Å². The van der Waals surface area contributed by atoms with E-state index in [0.717, 1.165) is 25.9 Å². The third-order valence-electron chi connectivity index (χ3n) is 4.14. The third-order valence-corrected chi connectivity index (χ3v) is 4.14. The molecule has 1 fully saturated rings. The van der Waals surface area contributed by atoms with E-state index in [0.29, 0.717) is 5.56 Å². The molecule has 2 rings (SSSR count). The fourth-order valence-corrected chi connectivity index (χ4v) is 2.80. The van der Waals surface area contributed by atoms with Crippen LogP contribution in [0.2, 0.25) is 0 Å². The van der Waals surface area contributed by atoms with Gasteiger partial charge in [0, 0.05) is 19.6 Å². The Labute approximate surface area is 125 Å². The quantitative estimate of drug-likeness (QED) is 0.921. The number of benzene rings is 1. The maximum absolute atomic E-state index is 13.1. The Kier molecular flexibility index (Phi) is 5.31. The smallest absolute Gasteiger partial charge is 0.225 e. The van der Waals surface area contributed by atoms with E-state index in [1.165, 1.54) is 18.2 Å². The lowest BCUT2D eigenvalue weighted by Crippen LogP contribution is -2.47. The molecule has 1 aliphatic heterocycles. The topological polar surface area (TPSA) is 43.8 Å². The molecule has 0 radical (unpaired) electrons. The number of hydrogen-bond acceptors (Lipinski definition) is 3. The molecule has 1 saturated heterocycles. The average Bonchev–Trinajstić information content (AvgIpc) is 2.46. The Morgan fingerprint density at radius 1 is 1.57 bits per heavy atom. The molecule has 1 N–H and O–H groups in total. The number of rotatable bonds is 4. The zero-order valence-corrected chi connectivity index (χ0v) is 12.6. The summed E-state index contributed by atoms with van der Waals surface area (Å²) in [6.07, 6.45) is 1.09. The second kappa shape index (κ2) is 7.00. The van der Waals surface area contributed by atoms with Crippen molar-refractivity contribution in [1.29, 1.82) is 0 Å².